The Labute approximate surface area is 133 Å². The molecule has 0 saturated carbocycles. The molecule has 0 atom stereocenters. The summed E-state index contributed by atoms with van der Waals surface area (Å²) in [5.41, 5.74) is 1.99. The molecule has 120 valence electrons. The van der Waals surface area contributed by atoms with Gasteiger partial charge in [-0.05, 0) is 32.0 Å². The van der Waals surface area contributed by atoms with Crippen molar-refractivity contribution in [1.82, 2.24) is 19.7 Å². The molecule has 2 aromatic heterocycles. The number of aryl methyl sites for hydroxylation is 1. The van der Waals surface area contributed by atoms with E-state index in [4.69, 9.17) is 0 Å². The van der Waals surface area contributed by atoms with Gasteiger partial charge in [0.05, 0.1) is 23.4 Å². The molecule has 0 fully saturated rings. The van der Waals surface area contributed by atoms with Crippen LogP contribution < -0.4 is 4.90 Å². The van der Waals surface area contributed by atoms with Gasteiger partial charge in [-0.1, -0.05) is 6.07 Å². The Balaban J connectivity index is 2.21. The molecular weight excluding hydrogens is 297 g/mol. The van der Waals surface area contributed by atoms with E-state index < -0.39 is 0 Å². The van der Waals surface area contributed by atoms with Crippen LogP contribution in [0, 0.1) is 12.7 Å². The van der Waals surface area contributed by atoms with Crippen molar-refractivity contribution in [2.45, 2.75) is 13.8 Å². The minimum absolute atomic E-state index is 0.0381. The van der Waals surface area contributed by atoms with Crippen LogP contribution in [0.1, 0.15) is 12.6 Å². The molecule has 0 radical (unpaired) electrons. The largest absolute Gasteiger partial charge is 0.395 e. The summed E-state index contributed by atoms with van der Waals surface area (Å²) in [5.74, 6) is 0.403. The molecule has 6 nitrogen and oxygen atoms in total. The van der Waals surface area contributed by atoms with Crippen molar-refractivity contribution < 1.29 is 9.50 Å². The van der Waals surface area contributed by atoms with Crippen molar-refractivity contribution in [3.05, 3.63) is 42.1 Å². The predicted molar refractivity (Wildman–Crippen MR) is 86.3 cm³/mol. The first-order chi connectivity index (χ1) is 11.2. The Hall–Kier alpha value is -2.54. The lowest BCUT2D eigenvalue weighted by Gasteiger charge is -2.21. The van der Waals surface area contributed by atoms with Crippen LogP contribution in [0.15, 0.2) is 30.6 Å². The van der Waals surface area contributed by atoms with E-state index in [0.717, 1.165) is 16.9 Å². The highest BCUT2D eigenvalue weighted by molar-refractivity contribution is 5.90. The van der Waals surface area contributed by atoms with Crippen LogP contribution in [0.5, 0.6) is 0 Å². The highest BCUT2D eigenvalue weighted by Crippen LogP contribution is 2.27. The molecule has 0 spiro atoms. The first-order valence-corrected chi connectivity index (χ1v) is 7.47. The van der Waals surface area contributed by atoms with E-state index in [1.165, 1.54) is 18.5 Å². The second-order valence-corrected chi connectivity index (χ2v) is 5.18. The van der Waals surface area contributed by atoms with Gasteiger partial charge in [0.1, 0.15) is 18.0 Å². The molecule has 3 rings (SSSR count). The van der Waals surface area contributed by atoms with E-state index in [2.05, 4.69) is 15.1 Å². The number of anilines is 1. The molecule has 7 heteroatoms. The Morgan fingerprint density at radius 2 is 2.13 bits per heavy atom. The van der Waals surface area contributed by atoms with Crippen LogP contribution in [0.25, 0.3) is 16.7 Å². The molecule has 1 N–H and O–H groups in total. The fourth-order valence-electron chi connectivity index (χ4n) is 2.66. The van der Waals surface area contributed by atoms with E-state index in [1.807, 2.05) is 18.7 Å². The molecule has 0 aliphatic carbocycles. The van der Waals surface area contributed by atoms with Gasteiger partial charge in [0, 0.05) is 13.1 Å². The summed E-state index contributed by atoms with van der Waals surface area (Å²) in [7, 11) is 0. The average molecular weight is 315 g/mol. The van der Waals surface area contributed by atoms with Crippen molar-refractivity contribution in [2.75, 3.05) is 24.6 Å². The van der Waals surface area contributed by atoms with Gasteiger partial charge in [-0.15, -0.1) is 0 Å². The number of hydrogen-bond donors (Lipinski definition) is 1. The van der Waals surface area contributed by atoms with Crippen LogP contribution in [0.3, 0.4) is 0 Å². The third kappa shape index (κ3) is 2.75. The number of aromatic nitrogens is 4. The Bertz CT molecular complexity index is 832. The molecule has 2 heterocycles. The van der Waals surface area contributed by atoms with Crippen molar-refractivity contribution >= 4 is 16.9 Å². The van der Waals surface area contributed by atoms with Crippen LogP contribution in [0.4, 0.5) is 10.2 Å². The summed E-state index contributed by atoms with van der Waals surface area (Å²) >= 11 is 0. The van der Waals surface area contributed by atoms with Crippen molar-refractivity contribution in [3.8, 4) is 5.69 Å². The van der Waals surface area contributed by atoms with Crippen LogP contribution in [-0.4, -0.2) is 44.6 Å². The third-order valence-corrected chi connectivity index (χ3v) is 3.72. The molecule has 1 aromatic carbocycles. The van der Waals surface area contributed by atoms with Crippen LogP contribution >= 0.6 is 0 Å². The minimum atomic E-state index is -0.325. The number of fused-ring (bicyclic) bond motifs is 1. The van der Waals surface area contributed by atoms with Gasteiger partial charge in [-0.2, -0.15) is 5.10 Å². The number of halogens is 1. The van der Waals surface area contributed by atoms with E-state index >= 15 is 0 Å². The maximum Gasteiger partial charge on any atom is 0.168 e. The Kier molecular flexibility index (Phi) is 4.20. The highest BCUT2D eigenvalue weighted by atomic mass is 19.1. The maximum absolute atomic E-state index is 13.5. The second-order valence-electron chi connectivity index (χ2n) is 5.18. The summed E-state index contributed by atoms with van der Waals surface area (Å²) < 4.78 is 15.1. The van der Waals surface area contributed by atoms with Gasteiger partial charge in [0.15, 0.2) is 5.65 Å². The first-order valence-electron chi connectivity index (χ1n) is 7.47. The zero-order valence-corrected chi connectivity index (χ0v) is 13.1. The molecule has 3 aromatic rings. The van der Waals surface area contributed by atoms with Gasteiger partial charge in [0.2, 0.25) is 0 Å². The third-order valence-electron chi connectivity index (χ3n) is 3.72. The lowest BCUT2D eigenvalue weighted by Crippen LogP contribution is -2.27. The van der Waals surface area contributed by atoms with Crippen molar-refractivity contribution in [3.63, 3.8) is 0 Å². The van der Waals surface area contributed by atoms with Crippen LogP contribution in [0.2, 0.25) is 0 Å². The summed E-state index contributed by atoms with van der Waals surface area (Å²) in [6, 6.07) is 6.23. The number of aliphatic hydroxyl groups excluding tert-OH is 1. The molecule has 23 heavy (non-hydrogen) atoms. The fourth-order valence-corrected chi connectivity index (χ4v) is 2.66. The zero-order chi connectivity index (χ0) is 16.4. The SMILES string of the molecule is CCN(CCO)c1ncnc2c1c(C)nn2-c1cccc(F)c1. The molecule has 0 amide bonds. The second kappa shape index (κ2) is 6.29. The summed E-state index contributed by atoms with van der Waals surface area (Å²) in [5, 5.41) is 14.5. The quantitative estimate of drug-likeness (QED) is 0.781. The van der Waals surface area contributed by atoms with E-state index in [9.17, 15) is 9.50 Å². The standard InChI is InChI=1S/C16H18FN5O/c1-3-21(7-8-23)15-14-11(2)20-22(16(14)19-10-18-15)13-6-4-5-12(17)9-13/h4-6,9-10,23H,3,7-8H2,1-2H3. The molecule has 0 unspecified atom stereocenters. The first kappa shape index (κ1) is 15.4. The Morgan fingerprint density at radius 3 is 2.83 bits per heavy atom. The molecule has 0 saturated heterocycles. The van der Waals surface area contributed by atoms with Gasteiger partial charge in [-0.3, -0.25) is 0 Å². The lowest BCUT2D eigenvalue weighted by molar-refractivity contribution is 0.302. The highest BCUT2D eigenvalue weighted by Gasteiger charge is 2.18. The number of hydrogen-bond acceptors (Lipinski definition) is 5. The van der Waals surface area contributed by atoms with Gasteiger partial charge < -0.3 is 10.0 Å². The average Bonchev–Trinajstić information content (AvgIpc) is 2.90. The smallest absolute Gasteiger partial charge is 0.168 e. The summed E-state index contributed by atoms with van der Waals surface area (Å²) in [6.07, 6.45) is 1.47. The molecule has 0 aliphatic rings. The normalized spacial score (nSPS) is 11.1. The zero-order valence-electron chi connectivity index (χ0n) is 13.1. The monoisotopic (exact) mass is 315 g/mol. The number of aliphatic hydroxyl groups is 1. The number of likely N-dealkylation sites (N-methyl/N-ethyl adjacent to an activating group) is 1. The van der Waals surface area contributed by atoms with Crippen molar-refractivity contribution in [2.24, 2.45) is 0 Å². The van der Waals surface area contributed by atoms with E-state index in [-0.39, 0.29) is 12.4 Å². The van der Waals surface area contributed by atoms with E-state index in [0.29, 0.717) is 24.4 Å². The molecular formula is C16H18FN5O. The summed E-state index contributed by atoms with van der Waals surface area (Å²) in [4.78, 5) is 10.6. The maximum atomic E-state index is 13.5. The van der Waals surface area contributed by atoms with Crippen molar-refractivity contribution in [1.29, 1.82) is 0 Å². The van der Waals surface area contributed by atoms with Gasteiger partial charge in [0.25, 0.3) is 0 Å². The fraction of sp³-hybridized carbons (Fsp3) is 0.312. The van der Waals surface area contributed by atoms with E-state index in [1.54, 1.807) is 16.8 Å². The van der Waals surface area contributed by atoms with Gasteiger partial charge in [-0.25, -0.2) is 19.0 Å². The van der Waals surface area contributed by atoms with Crippen LogP contribution in [-0.2, 0) is 0 Å². The Morgan fingerprint density at radius 1 is 1.30 bits per heavy atom. The lowest BCUT2D eigenvalue weighted by atomic mass is 10.2. The topological polar surface area (TPSA) is 67.1 Å². The predicted octanol–water partition coefficient (Wildman–Crippen LogP) is 2.08. The number of nitrogens with zero attached hydrogens (tertiary/aromatic N) is 5. The minimum Gasteiger partial charge on any atom is -0.395 e. The molecule has 0 bridgehead atoms. The summed E-state index contributed by atoms with van der Waals surface area (Å²) in [6.45, 7) is 5.09. The molecule has 0 aliphatic heterocycles. The number of rotatable bonds is 5. The van der Waals surface area contributed by atoms with Gasteiger partial charge >= 0.3 is 0 Å². The number of benzene rings is 1.